The summed E-state index contributed by atoms with van der Waals surface area (Å²) in [5.41, 5.74) is 0.0651. The average molecular weight is 395 g/mol. The first-order valence-electron chi connectivity index (χ1n) is 7.41. The van der Waals surface area contributed by atoms with Crippen molar-refractivity contribution in [2.45, 2.75) is 31.5 Å². The van der Waals surface area contributed by atoms with Gasteiger partial charge in [0.15, 0.2) is 0 Å². The van der Waals surface area contributed by atoms with E-state index in [9.17, 15) is 18.2 Å². The monoisotopic (exact) mass is 395 g/mol. The van der Waals surface area contributed by atoms with Crippen LogP contribution in [-0.4, -0.2) is 29.6 Å². The van der Waals surface area contributed by atoms with E-state index in [4.69, 9.17) is 14.6 Å². The van der Waals surface area contributed by atoms with Gasteiger partial charge in [-0.05, 0) is 0 Å². The zero-order valence-corrected chi connectivity index (χ0v) is 14.8. The second-order valence-electron chi connectivity index (χ2n) is 4.94. The minimum absolute atomic E-state index is 0.00995. The number of esters is 2. The van der Waals surface area contributed by atoms with Gasteiger partial charge in [0.2, 0.25) is 0 Å². The summed E-state index contributed by atoms with van der Waals surface area (Å²) >= 11 is -1.48. The summed E-state index contributed by atoms with van der Waals surface area (Å²) in [6.07, 6.45) is -0.230. The van der Waals surface area contributed by atoms with Gasteiger partial charge in [0.05, 0.1) is 0 Å². The van der Waals surface area contributed by atoms with E-state index in [0.717, 1.165) is 0 Å². The van der Waals surface area contributed by atoms with Crippen LogP contribution in [0, 0.1) is 0 Å². The molecule has 25 heavy (non-hydrogen) atoms. The van der Waals surface area contributed by atoms with Crippen LogP contribution >= 0.6 is 0 Å². The SMILES string of the molecule is C=[C](C)[Co](=[O])[CH2]CCOC(=O)c1ccccc1OC(=O)CCC(=O)O. The third kappa shape index (κ3) is 7.86. The van der Waals surface area contributed by atoms with Crippen molar-refractivity contribution in [3.63, 3.8) is 0 Å². The zero-order chi connectivity index (χ0) is 18.8. The van der Waals surface area contributed by atoms with Crippen LogP contribution in [0.25, 0.3) is 0 Å². The van der Waals surface area contributed by atoms with E-state index in [1.54, 1.807) is 19.1 Å². The Morgan fingerprint density at radius 1 is 1.20 bits per heavy atom. The maximum atomic E-state index is 12.1. The molecule has 0 aliphatic carbocycles. The van der Waals surface area contributed by atoms with E-state index in [0.29, 0.717) is 16.3 Å². The molecule has 8 heteroatoms. The van der Waals surface area contributed by atoms with Crippen LogP contribution in [0.4, 0.5) is 0 Å². The Labute approximate surface area is 149 Å². The van der Waals surface area contributed by atoms with Crippen LogP contribution < -0.4 is 4.74 Å². The maximum absolute atomic E-state index is 12.1. The van der Waals surface area contributed by atoms with Crippen LogP contribution in [0.1, 0.15) is 36.5 Å². The number of carbonyl (C=O) groups is 3. The van der Waals surface area contributed by atoms with E-state index in [1.165, 1.54) is 12.1 Å². The van der Waals surface area contributed by atoms with Gasteiger partial charge in [0.1, 0.15) is 0 Å². The molecule has 7 nitrogen and oxygen atoms in total. The van der Waals surface area contributed by atoms with Gasteiger partial charge in [-0.2, -0.15) is 0 Å². The molecule has 0 aliphatic heterocycles. The summed E-state index contributed by atoms with van der Waals surface area (Å²) < 4.78 is 22.3. The van der Waals surface area contributed by atoms with E-state index < -0.39 is 31.5 Å². The normalized spacial score (nSPS) is 10.7. The first-order valence-corrected chi connectivity index (χ1v) is 9.10. The summed E-state index contributed by atoms with van der Waals surface area (Å²) in [6.45, 7) is 5.36. The van der Waals surface area contributed by atoms with Crippen molar-refractivity contribution in [1.29, 1.82) is 0 Å². The molecule has 0 aliphatic rings. The van der Waals surface area contributed by atoms with E-state index in [2.05, 4.69) is 6.58 Å². The number of ether oxygens (including phenoxy) is 2. The molecule has 1 rings (SSSR count). The molecule has 1 N–H and O–H groups in total. The van der Waals surface area contributed by atoms with Crippen molar-refractivity contribution in [2.24, 2.45) is 0 Å². The van der Waals surface area contributed by atoms with Gasteiger partial charge in [-0.1, -0.05) is 0 Å². The molecule has 0 heterocycles. The third-order valence-electron chi connectivity index (χ3n) is 2.84. The number of carboxylic acids is 1. The fourth-order valence-corrected chi connectivity index (χ4v) is 2.58. The molecule has 0 spiro atoms. The van der Waals surface area contributed by atoms with Crippen molar-refractivity contribution in [3.8, 4) is 5.75 Å². The number of rotatable bonds is 10. The van der Waals surface area contributed by atoms with Gasteiger partial charge in [-0.25, -0.2) is 0 Å². The number of carboxylic acid groups (broad SMARTS) is 1. The van der Waals surface area contributed by atoms with Gasteiger partial charge in [0.25, 0.3) is 0 Å². The summed E-state index contributed by atoms with van der Waals surface area (Å²) in [6, 6.07) is 6.03. The Morgan fingerprint density at radius 3 is 2.52 bits per heavy atom. The van der Waals surface area contributed by atoms with Crippen molar-refractivity contribution < 1.29 is 46.4 Å². The van der Waals surface area contributed by atoms with Crippen LogP contribution in [0.15, 0.2) is 35.4 Å². The predicted octanol–water partition coefficient (Wildman–Crippen LogP) is 2.92. The molecule has 0 unspecified atom stereocenters. The molecule has 0 radical (unpaired) electrons. The standard InChI is InChI=1S/C14H15O6.C3H5.Co.O/c1-2-9-19-14(18)10-5-3-4-6-11(10)20-13(17)8-7-12(15)16;1-3-2;;/h3-6H,1-2,7-9H2,(H,15,16);1H2,2H3;;. The summed E-state index contributed by atoms with van der Waals surface area (Å²) in [4.78, 5) is 34.2. The Morgan fingerprint density at radius 2 is 1.88 bits per heavy atom. The topological polar surface area (TPSA) is 107 Å². The molecular formula is C17H20CoO7. The Bertz CT molecular complexity index is 681. The second-order valence-corrected chi connectivity index (χ2v) is 7.23. The number of benzene rings is 1. The molecule has 1 aromatic carbocycles. The fraction of sp³-hybridized carbons (Fsp3) is 0.353. The molecule has 0 saturated carbocycles. The molecular weight excluding hydrogens is 375 g/mol. The number of aliphatic carboxylic acids is 1. The van der Waals surface area contributed by atoms with Gasteiger partial charge in [-0.3, -0.25) is 4.79 Å². The number of allylic oxidation sites excluding steroid dienone is 1. The average Bonchev–Trinajstić information content (AvgIpc) is 2.56. The third-order valence-corrected chi connectivity index (χ3v) is 4.67. The minimum atomic E-state index is -1.48. The van der Waals surface area contributed by atoms with Gasteiger partial charge < -0.3 is 5.11 Å². The summed E-state index contributed by atoms with van der Waals surface area (Å²) in [5, 5.41) is 8.93. The first kappa shape index (κ1) is 20.7. The molecule has 0 bridgehead atoms. The summed E-state index contributed by atoms with van der Waals surface area (Å²) in [5.74, 6) is -2.53. The van der Waals surface area contributed by atoms with Crippen molar-refractivity contribution in [3.05, 3.63) is 40.9 Å². The van der Waals surface area contributed by atoms with Gasteiger partial charge in [-0.15, -0.1) is 0 Å². The molecule has 1 aromatic rings. The number of hydrogen-bond donors (Lipinski definition) is 1. The number of hydrogen-bond acceptors (Lipinski definition) is 6. The summed E-state index contributed by atoms with van der Waals surface area (Å²) in [7, 11) is 0. The van der Waals surface area contributed by atoms with Crippen LogP contribution in [0.5, 0.6) is 5.75 Å². The first-order chi connectivity index (χ1) is 11.8. The minimum Gasteiger partial charge on any atom is -0.481 e. The zero-order valence-electron chi connectivity index (χ0n) is 13.8. The fourth-order valence-electron chi connectivity index (χ4n) is 1.65. The molecule has 139 valence electrons. The number of carbonyl (C=O) groups excluding carboxylic acids is 2. The molecule has 0 amide bonds. The molecule has 0 aromatic heterocycles. The Kier molecular flexibility index (Phi) is 8.72. The molecule has 0 atom stereocenters. The van der Waals surface area contributed by atoms with E-state index in [-0.39, 0.29) is 30.8 Å². The van der Waals surface area contributed by atoms with Crippen LogP contribution in [-0.2, 0) is 31.8 Å². The van der Waals surface area contributed by atoms with Crippen molar-refractivity contribution in [2.75, 3.05) is 6.61 Å². The smallest absolute Gasteiger partial charge is 0.481 e. The Balaban J connectivity index is 2.58. The Hall–Kier alpha value is -2.32. The van der Waals surface area contributed by atoms with Crippen molar-refractivity contribution >= 4 is 17.9 Å². The molecule has 0 fully saturated rings. The van der Waals surface area contributed by atoms with E-state index >= 15 is 0 Å². The second kappa shape index (κ2) is 10.5. The van der Waals surface area contributed by atoms with Crippen LogP contribution in [0.3, 0.4) is 0 Å². The van der Waals surface area contributed by atoms with Crippen LogP contribution in [0.2, 0.25) is 5.36 Å². The molecule has 0 saturated heterocycles. The van der Waals surface area contributed by atoms with Crippen molar-refractivity contribution in [1.82, 2.24) is 0 Å². The predicted molar refractivity (Wildman–Crippen MR) is 84.2 cm³/mol. The van der Waals surface area contributed by atoms with Gasteiger partial charge >= 0.3 is 139 Å². The van der Waals surface area contributed by atoms with E-state index in [1.807, 2.05) is 0 Å². The number of para-hydroxylation sites is 1. The quantitative estimate of drug-likeness (QED) is 0.369. The van der Waals surface area contributed by atoms with Gasteiger partial charge in [0, 0.05) is 0 Å².